The number of carbonyl (C=O) groups is 3. The summed E-state index contributed by atoms with van der Waals surface area (Å²) in [5.41, 5.74) is 0. The summed E-state index contributed by atoms with van der Waals surface area (Å²) in [6, 6.07) is 0. The highest BCUT2D eigenvalue weighted by molar-refractivity contribution is 5.71. The second-order valence-electron chi connectivity index (χ2n) is 25.9. The van der Waals surface area contributed by atoms with E-state index in [1.54, 1.807) is 0 Å². The zero-order valence-electron chi connectivity index (χ0n) is 57.7. The van der Waals surface area contributed by atoms with Crippen LogP contribution in [-0.2, 0) is 33.3 Å². The lowest BCUT2D eigenvalue weighted by molar-refractivity contribution is -0.870. The van der Waals surface area contributed by atoms with E-state index in [-0.39, 0.29) is 32.2 Å². The minimum absolute atomic E-state index is 0.183. The Hall–Kier alpha value is -3.53. The number of carbonyl (C=O) groups excluding carboxylic acids is 2. The van der Waals surface area contributed by atoms with E-state index >= 15 is 0 Å². The van der Waals surface area contributed by atoms with Crippen LogP contribution in [0.1, 0.15) is 335 Å². The number of likely N-dealkylation sites (N-methyl/N-ethyl adjacent to an activating group) is 1. The van der Waals surface area contributed by atoms with Crippen LogP contribution in [0, 0.1) is 0 Å². The smallest absolute Gasteiger partial charge is 0.361 e. The molecule has 504 valence electrons. The molecule has 0 fully saturated rings. The number of nitrogens with zero attached hydrogens (tertiary/aromatic N) is 1. The van der Waals surface area contributed by atoms with Crippen LogP contribution < -0.4 is 0 Å². The number of carboxylic acids is 1. The Kier molecular flexibility index (Phi) is 65.6. The van der Waals surface area contributed by atoms with Gasteiger partial charge in [-0.3, -0.25) is 9.59 Å². The third-order valence-corrected chi connectivity index (χ3v) is 16.1. The highest BCUT2D eigenvalue weighted by atomic mass is 16.7. The summed E-state index contributed by atoms with van der Waals surface area (Å²) < 4.78 is 23.0. The number of allylic oxidation sites excluding steroid dienone is 14. The first-order chi connectivity index (χ1) is 42.6. The Balaban J connectivity index is 4.05. The molecule has 2 atom stereocenters. The Morgan fingerprint density at radius 3 is 0.977 bits per heavy atom. The van der Waals surface area contributed by atoms with Crippen LogP contribution in [0.5, 0.6) is 0 Å². The van der Waals surface area contributed by atoms with Gasteiger partial charge in [0.2, 0.25) is 0 Å². The van der Waals surface area contributed by atoms with Gasteiger partial charge in [-0.2, -0.15) is 0 Å². The molecule has 0 saturated carbocycles. The molecule has 0 bridgehead atoms. The SMILES string of the molecule is CC/C=C\C/C=C\C/C=C\C/C=C\C/C=C\CCCCCCCCCCCCCC(=O)OC(COC(=O)CCCCCCCCCCCCCCCCCCCCCCCCC/C=C\C/C=C\CCCCCCC)COC(OCC[N+](C)(C)C)C(=O)O. The van der Waals surface area contributed by atoms with Crippen LogP contribution in [0.3, 0.4) is 0 Å². The molecule has 1 N–H and O–H groups in total. The van der Waals surface area contributed by atoms with Gasteiger partial charge in [0, 0.05) is 12.8 Å². The average molecular weight is 1220 g/mol. The summed E-state index contributed by atoms with van der Waals surface area (Å²) in [6.07, 6.45) is 90.0. The second kappa shape index (κ2) is 68.4. The average Bonchev–Trinajstić information content (AvgIpc) is 3.56. The maximum absolute atomic E-state index is 13.0. The number of quaternary nitrogens is 1. The molecular weight excluding hydrogens is 1080 g/mol. The molecular formula is C78H140NO8+. The van der Waals surface area contributed by atoms with Gasteiger partial charge in [0.1, 0.15) is 13.2 Å². The maximum Gasteiger partial charge on any atom is 0.361 e. The van der Waals surface area contributed by atoms with Crippen LogP contribution in [0.2, 0.25) is 0 Å². The van der Waals surface area contributed by atoms with E-state index < -0.39 is 24.3 Å². The molecule has 0 aliphatic heterocycles. The van der Waals surface area contributed by atoms with E-state index in [9.17, 15) is 19.5 Å². The topological polar surface area (TPSA) is 108 Å². The highest BCUT2D eigenvalue weighted by Crippen LogP contribution is 2.18. The number of carboxylic acid groups (broad SMARTS) is 1. The molecule has 87 heavy (non-hydrogen) atoms. The summed E-state index contributed by atoms with van der Waals surface area (Å²) in [5.74, 6) is -1.99. The van der Waals surface area contributed by atoms with Crippen LogP contribution >= 0.6 is 0 Å². The second-order valence-corrected chi connectivity index (χ2v) is 25.9. The number of esters is 2. The summed E-state index contributed by atoms with van der Waals surface area (Å²) in [4.78, 5) is 37.7. The molecule has 0 spiro atoms. The fourth-order valence-electron chi connectivity index (χ4n) is 10.5. The fourth-order valence-corrected chi connectivity index (χ4v) is 10.5. The number of hydrogen-bond acceptors (Lipinski definition) is 7. The van der Waals surface area contributed by atoms with Crippen molar-refractivity contribution in [2.75, 3.05) is 47.5 Å². The van der Waals surface area contributed by atoms with Crippen molar-refractivity contribution >= 4 is 17.9 Å². The third kappa shape index (κ3) is 69.8. The van der Waals surface area contributed by atoms with E-state index in [4.69, 9.17) is 18.9 Å². The molecule has 0 aromatic heterocycles. The largest absolute Gasteiger partial charge is 0.477 e. The van der Waals surface area contributed by atoms with E-state index in [1.165, 1.54) is 225 Å². The molecule has 0 radical (unpaired) electrons. The van der Waals surface area contributed by atoms with Crippen molar-refractivity contribution in [3.8, 4) is 0 Å². The van der Waals surface area contributed by atoms with Crippen LogP contribution in [0.15, 0.2) is 85.1 Å². The number of rotatable bonds is 68. The Bertz CT molecular complexity index is 1700. The third-order valence-electron chi connectivity index (χ3n) is 16.1. The fraction of sp³-hybridized carbons (Fsp3) is 0.782. The molecule has 0 aliphatic rings. The highest BCUT2D eigenvalue weighted by Gasteiger charge is 2.25. The minimum Gasteiger partial charge on any atom is -0.477 e. The zero-order chi connectivity index (χ0) is 63.3. The Morgan fingerprint density at radius 1 is 0.356 bits per heavy atom. The summed E-state index contributed by atoms with van der Waals surface area (Å²) in [7, 11) is 5.98. The van der Waals surface area contributed by atoms with Crippen molar-refractivity contribution in [2.45, 2.75) is 347 Å². The molecule has 9 nitrogen and oxygen atoms in total. The van der Waals surface area contributed by atoms with Crippen LogP contribution in [0.4, 0.5) is 0 Å². The van der Waals surface area contributed by atoms with E-state index in [0.717, 1.165) is 77.0 Å². The first kappa shape index (κ1) is 83.5. The zero-order valence-corrected chi connectivity index (χ0v) is 57.7. The number of aliphatic carboxylic acids is 1. The molecule has 0 rings (SSSR count). The van der Waals surface area contributed by atoms with Crippen LogP contribution in [0.25, 0.3) is 0 Å². The van der Waals surface area contributed by atoms with E-state index in [2.05, 4.69) is 98.9 Å². The number of unbranched alkanes of at least 4 members (excludes halogenated alkanes) is 39. The summed E-state index contributed by atoms with van der Waals surface area (Å²) in [5, 5.41) is 9.75. The Labute approximate surface area is 538 Å². The first-order valence-corrected chi connectivity index (χ1v) is 36.8. The van der Waals surface area contributed by atoms with Crippen molar-refractivity contribution in [3.05, 3.63) is 85.1 Å². The molecule has 0 aliphatic carbocycles. The summed E-state index contributed by atoms with van der Waals surface area (Å²) in [6.45, 7) is 4.79. The van der Waals surface area contributed by atoms with E-state index in [1.807, 2.05) is 21.1 Å². The molecule has 0 aromatic carbocycles. The minimum atomic E-state index is -1.51. The maximum atomic E-state index is 13.0. The predicted octanol–water partition coefficient (Wildman–Crippen LogP) is 23.0. The van der Waals surface area contributed by atoms with Gasteiger partial charge in [0.25, 0.3) is 6.29 Å². The van der Waals surface area contributed by atoms with Gasteiger partial charge >= 0.3 is 17.9 Å². The lowest BCUT2D eigenvalue weighted by Gasteiger charge is -2.25. The molecule has 0 aromatic rings. The van der Waals surface area contributed by atoms with E-state index in [0.29, 0.717) is 23.9 Å². The monoisotopic (exact) mass is 1220 g/mol. The lowest BCUT2D eigenvalue weighted by atomic mass is 10.0. The summed E-state index contributed by atoms with van der Waals surface area (Å²) >= 11 is 0. The van der Waals surface area contributed by atoms with Crippen molar-refractivity contribution in [2.24, 2.45) is 0 Å². The molecule has 2 unspecified atom stereocenters. The Morgan fingerprint density at radius 2 is 0.655 bits per heavy atom. The molecule has 0 amide bonds. The first-order valence-electron chi connectivity index (χ1n) is 36.8. The van der Waals surface area contributed by atoms with Gasteiger partial charge in [0.05, 0.1) is 34.4 Å². The lowest BCUT2D eigenvalue weighted by Crippen LogP contribution is -2.40. The van der Waals surface area contributed by atoms with Crippen molar-refractivity contribution < 1.29 is 42.9 Å². The number of ether oxygens (including phenoxy) is 4. The molecule has 0 saturated heterocycles. The van der Waals surface area contributed by atoms with Crippen molar-refractivity contribution in [1.29, 1.82) is 0 Å². The van der Waals surface area contributed by atoms with Gasteiger partial charge in [0.15, 0.2) is 6.10 Å². The van der Waals surface area contributed by atoms with Crippen molar-refractivity contribution in [1.82, 2.24) is 0 Å². The normalized spacial score (nSPS) is 13.2. The van der Waals surface area contributed by atoms with Gasteiger partial charge in [-0.25, -0.2) is 4.79 Å². The standard InChI is InChI=1S/C78H139NO8/c1-6-8-10-12-14-16-18-20-22-24-26-28-30-32-34-35-36-37-38-39-40-41-43-44-46-48-50-52-54-56-58-60-62-64-66-68-75(80)85-72-74(73-86-78(77(82)83)84-71-70-79(3,4)5)87-76(81)69-67-65-63-61-59-57-55-53-51-49-47-45-42-33-31-29-27-25-23-21-19-17-15-13-11-9-7-2/h9,11,15,17-18,20-21,23-24,26-27,29,33,42,74,78H,6-8,10,12-14,16,19,22,25,28,30-32,34-41,43-73H2,1-5H3/p+1/b11-9-,17-15-,20-18-,23-21-,26-24-,29-27-,42-33-. The van der Waals surface area contributed by atoms with Gasteiger partial charge in [-0.15, -0.1) is 0 Å². The van der Waals surface area contributed by atoms with Gasteiger partial charge in [-0.1, -0.05) is 317 Å². The molecule has 9 heteroatoms. The quantitative estimate of drug-likeness (QED) is 0.0211. The van der Waals surface area contributed by atoms with Crippen molar-refractivity contribution in [3.63, 3.8) is 0 Å². The van der Waals surface area contributed by atoms with Crippen LogP contribution in [-0.4, -0.2) is 87.4 Å². The van der Waals surface area contributed by atoms with Gasteiger partial charge in [-0.05, 0) is 89.9 Å². The predicted molar refractivity (Wildman–Crippen MR) is 373 cm³/mol. The number of hydrogen-bond donors (Lipinski definition) is 1. The molecule has 0 heterocycles. The van der Waals surface area contributed by atoms with Gasteiger partial charge < -0.3 is 28.5 Å².